The van der Waals surface area contributed by atoms with Gasteiger partial charge in [0.2, 0.25) is 15.9 Å². The van der Waals surface area contributed by atoms with Crippen LogP contribution in [0.5, 0.6) is 0 Å². The van der Waals surface area contributed by atoms with Crippen molar-refractivity contribution >= 4 is 15.9 Å². The molecule has 1 aromatic carbocycles. The van der Waals surface area contributed by atoms with Gasteiger partial charge in [-0.15, -0.1) is 0 Å². The van der Waals surface area contributed by atoms with Gasteiger partial charge in [0.1, 0.15) is 0 Å². The van der Waals surface area contributed by atoms with Gasteiger partial charge in [0, 0.05) is 25.0 Å². The average molecular weight is 326 g/mol. The van der Waals surface area contributed by atoms with E-state index in [9.17, 15) is 13.2 Å². The monoisotopic (exact) mass is 326 g/mol. The van der Waals surface area contributed by atoms with Crippen molar-refractivity contribution < 1.29 is 13.2 Å². The molecule has 0 bridgehead atoms. The third-order valence-electron chi connectivity index (χ3n) is 3.06. The molecule has 5 nitrogen and oxygen atoms in total. The number of carbonyl (C=O) groups is 1. The molecule has 1 amide bonds. The van der Waals surface area contributed by atoms with E-state index in [4.69, 9.17) is 0 Å². The molecule has 0 spiro atoms. The van der Waals surface area contributed by atoms with Gasteiger partial charge in [-0.25, -0.2) is 12.7 Å². The standard InChI is InChI=1S/C16H26N2O3S/c1-16(2,3)17-15(19)11-13-18(22(4,20)21)12-10-14-8-6-5-7-9-14/h5-9H,10-13H2,1-4H3,(H,17,19). The third kappa shape index (κ3) is 7.56. The zero-order chi connectivity index (χ0) is 16.8. The normalized spacial score (nSPS) is 12.4. The first-order valence-electron chi connectivity index (χ1n) is 7.38. The smallest absolute Gasteiger partial charge is 0.221 e. The van der Waals surface area contributed by atoms with Gasteiger partial charge in [-0.2, -0.15) is 0 Å². The molecule has 0 aliphatic carbocycles. The maximum Gasteiger partial charge on any atom is 0.221 e. The highest BCUT2D eigenvalue weighted by Crippen LogP contribution is 2.06. The summed E-state index contributed by atoms with van der Waals surface area (Å²) in [6, 6.07) is 9.71. The van der Waals surface area contributed by atoms with Crippen LogP contribution in [-0.4, -0.2) is 43.5 Å². The Morgan fingerprint density at radius 2 is 1.73 bits per heavy atom. The lowest BCUT2D eigenvalue weighted by Crippen LogP contribution is -2.42. The highest BCUT2D eigenvalue weighted by molar-refractivity contribution is 7.88. The minimum atomic E-state index is -3.32. The molecule has 0 fully saturated rings. The van der Waals surface area contributed by atoms with Crippen molar-refractivity contribution in [2.24, 2.45) is 0 Å². The number of hydrogen-bond donors (Lipinski definition) is 1. The molecule has 1 aromatic rings. The molecule has 0 heterocycles. The average Bonchev–Trinajstić information content (AvgIpc) is 2.36. The number of nitrogens with zero attached hydrogens (tertiary/aromatic N) is 1. The van der Waals surface area contributed by atoms with Gasteiger partial charge >= 0.3 is 0 Å². The van der Waals surface area contributed by atoms with Crippen LogP contribution < -0.4 is 5.32 Å². The Morgan fingerprint density at radius 3 is 2.23 bits per heavy atom. The SMILES string of the molecule is CC(C)(C)NC(=O)CCN(CCc1ccccc1)S(C)(=O)=O. The van der Waals surface area contributed by atoms with Crippen LogP contribution in [0.25, 0.3) is 0 Å². The van der Waals surface area contributed by atoms with Gasteiger partial charge in [0.05, 0.1) is 6.26 Å². The van der Waals surface area contributed by atoms with Crippen molar-refractivity contribution in [1.82, 2.24) is 9.62 Å². The van der Waals surface area contributed by atoms with Gasteiger partial charge < -0.3 is 5.32 Å². The minimum Gasteiger partial charge on any atom is -0.351 e. The van der Waals surface area contributed by atoms with Gasteiger partial charge in [-0.3, -0.25) is 4.79 Å². The quantitative estimate of drug-likeness (QED) is 0.831. The molecule has 0 aromatic heterocycles. The molecule has 0 saturated heterocycles. The maximum absolute atomic E-state index is 11.8. The van der Waals surface area contributed by atoms with E-state index in [1.807, 2.05) is 51.1 Å². The molecule has 22 heavy (non-hydrogen) atoms. The molecule has 0 unspecified atom stereocenters. The minimum absolute atomic E-state index is 0.138. The van der Waals surface area contributed by atoms with E-state index in [2.05, 4.69) is 5.32 Å². The van der Waals surface area contributed by atoms with Crippen LogP contribution in [0.4, 0.5) is 0 Å². The Bertz CT molecular complexity index is 577. The maximum atomic E-state index is 11.8. The predicted octanol–water partition coefficient (Wildman–Crippen LogP) is 1.80. The molecule has 0 radical (unpaired) electrons. The van der Waals surface area contributed by atoms with Crippen molar-refractivity contribution in [2.45, 2.75) is 39.2 Å². The summed E-state index contributed by atoms with van der Waals surface area (Å²) in [5.41, 5.74) is 0.770. The summed E-state index contributed by atoms with van der Waals surface area (Å²) < 4.78 is 25.1. The first-order valence-corrected chi connectivity index (χ1v) is 9.23. The van der Waals surface area contributed by atoms with E-state index in [-0.39, 0.29) is 24.4 Å². The van der Waals surface area contributed by atoms with Crippen LogP contribution in [0.1, 0.15) is 32.8 Å². The summed E-state index contributed by atoms with van der Waals surface area (Å²) in [6.07, 6.45) is 1.98. The first-order chi connectivity index (χ1) is 10.1. The zero-order valence-corrected chi connectivity index (χ0v) is 14.6. The Balaban J connectivity index is 2.57. The highest BCUT2D eigenvalue weighted by Gasteiger charge is 2.19. The van der Waals surface area contributed by atoms with Gasteiger partial charge in [-0.05, 0) is 32.8 Å². The summed E-state index contributed by atoms with van der Waals surface area (Å²) in [6.45, 7) is 6.27. The van der Waals surface area contributed by atoms with Crippen LogP contribution in [-0.2, 0) is 21.2 Å². The number of rotatable bonds is 7. The van der Waals surface area contributed by atoms with Crippen molar-refractivity contribution in [1.29, 1.82) is 0 Å². The number of hydrogen-bond acceptors (Lipinski definition) is 3. The number of carbonyl (C=O) groups excluding carboxylic acids is 1. The molecule has 0 saturated carbocycles. The van der Waals surface area contributed by atoms with Gasteiger partial charge in [0.15, 0.2) is 0 Å². The zero-order valence-electron chi connectivity index (χ0n) is 13.8. The van der Waals surface area contributed by atoms with Gasteiger partial charge in [-0.1, -0.05) is 30.3 Å². The predicted molar refractivity (Wildman–Crippen MR) is 89.1 cm³/mol. The van der Waals surface area contributed by atoms with Crippen molar-refractivity contribution in [3.63, 3.8) is 0 Å². The molecule has 0 aliphatic rings. The molecule has 0 atom stereocenters. The fourth-order valence-electron chi connectivity index (χ4n) is 2.05. The van der Waals surface area contributed by atoms with Crippen LogP contribution >= 0.6 is 0 Å². The van der Waals surface area contributed by atoms with Gasteiger partial charge in [0.25, 0.3) is 0 Å². The summed E-state index contributed by atoms with van der Waals surface area (Å²) in [5, 5.41) is 2.84. The van der Waals surface area contributed by atoms with E-state index < -0.39 is 10.0 Å². The summed E-state index contributed by atoms with van der Waals surface area (Å²) in [5.74, 6) is -0.138. The molecule has 6 heteroatoms. The van der Waals surface area contributed by atoms with Crippen LogP contribution in [0.15, 0.2) is 30.3 Å². The van der Waals surface area contributed by atoms with E-state index in [1.54, 1.807) is 0 Å². The van der Waals surface area contributed by atoms with Crippen molar-refractivity contribution in [3.05, 3.63) is 35.9 Å². The number of benzene rings is 1. The summed E-state index contributed by atoms with van der Waals surface area (Å²) >= 11 is 0. The van der Waals surface area contributed by atoms with Crippen LogP contribution in [0.3, 0.4) is 0 Å². The Hall–Kier alpha value is -1.40. The Morgan fingerprint density at radius 1 is 1.14 bits per heavy atom. The second-order valence-corrected chi connectivity index (χ2v) is 8.43. The van der Waals surface area contributed by atoms with E-state index in [0.29, 0.717) is 13.0 Å². The fraction of sp³-hybridized carbons (Fsp3) is 0.562. The number of nitrogens with one attached hydrogen (secondary N) is 1. The Labute approximate surface area is 133 Å². The van der Waals surface area contributed by atoms with E-state index in [1.165, 1.54) is 10.6 Å². The van der Waals surface area contributed by atoms with Crippen molar-refractivity contribution in [3.8, 4) is 0 Å². The lowest BCUT2D eigenvalue weighted by molar-refractivity contribution is -0.122. The second kappa shape index (κ2) is 7.74. The number of amides is 1. The van der Waals surface area contributed by atoms with E-state index >= 15 is 0 Å². The van der Waals surface area contributed by atoms with Crippen LogP contribution in [0.2, 0.25) is 0 Å². The lowest BCUT2D eigenvalue weighted by Gasteiger charge is -2.23. The molecule has 124 valence electrons. The van der Waals surface area contributed by atoms with Crippen LogP contribution in [0, 0.1) is 0 Å². The molecule has 0 aliphatic heterocycles. The lowest BCUT2D eigenvalue weighted by atomic mass is 10.1. The number of sulfonamides is 1. The Kier molecular flexibility index (Phi) is 6.56. The molecular formula is C16H26N2O3S. The van der Waals surface area contributed by atoms with E-state index in [0.717, 1.165) is 5.56 Å². The largest absolute Gasteiger partial charge is 0.351 e. The highest BCUT2D eigenvalue weighted by atomic mass is 32.2. The second-order valence-electron chi connectivity index (χ2n) is 6.45. The van der Waals surface area contributed by atoms with Crippen molar-refractivity contribution in [2.75, 3.05) is 19.3 Å². The molecule has 1 rings (SSSR count). The summed E-state index contributed by atoms with van der Waals surface area (Å²) in [4.78, 5) is 11.8. The summed E-state index contributed by atoms with van der Waals surface area (Å²) in [7, 11) is -3.32. The molecule has 1 N–H and O–H groups in total. The first kappa shape index (κ1) is 18.6. The topological polar surface area (TPSA) is 66.5 Å². The molecular weight excluding hydrogens is 300 g/mol. The fourth-order valence-corrected chi connectivity index (χ4v) is 2.89. The third-order valence-corrected chi connectivity index (χ3v) is 4.37.